The molecule has 2 atom stereocenters. The number of benzene rings is 2. The van der Waals surface area contributed by atoms with Gasteiger partial charge >= 0.3 is 0 Å². The van der Waals surface area contributed by atoms with Crippen LogP contribution in [-0.4, -0.2) is 54.1 Å². The van der Waals surface area contributed by atoms with E-state index in [4.69, 9.17) is 9.73 Å². The van der Waals surface area contributed by atoms with Gasteiger partial charge in [-0.25, -0.2) is 9.38 Å². The van der Waals surface area contributed by atoms with Gasteiger partial charge in [-0.2, -0.15) is 0 Å². The molecule has 29 heavy (non-hydrogen) atoms. The third kappa shape index (κ3) is 2.78. The number of hydrogen-bond acceptors (Lipinski definition) is 4. The SMILES string of the molecule is Fc1ccc([C@H]2c3ccccc3CCN2C2=N[C@@]3(CO2)CN2CCC3CC2)cc1. The van der Waals surface area contributed by atoms with Crippen molar-refractivity contribution in [3.8, 4) is 0 Å². The Morgan fingerprint density at radius 2 is 1.79 bits per heavy atom. The summed E-state index contributed by atoms with van der Waals surface area (Å²) < 4.78 is 19.9. The number of rotatable bonds is 1. The highest BCUT2D eigenvalue weighted by molar-refractivity contribution is 5.78. The second-order valence-electron chi connectivity index (χ2n) is 8.93. The molecule has 2 aromatic carbocycles. The molecule has 0 N–H and O–H groups in total. The lowest BCUT2D eigenvalue weighted by Crippen LogP contribution is -2.58. The molecule has 1 spiro atoms. The van der Waals surface area contributed by atoms with E-state index in [9.17, 15) is 4.39 Å². The molecular weight excluding hydrogens is 365 g/mol. The summed E-state index contributed by atoms with van der Waals surface area (Å²) in [4.78, 5) is 10.1. The van der Waals surface area contributed by atoms with E-state index in [0.717, 1.165) is 31.1 Å². The average molecular weight is 391 g/mol. The van der Waals surface area contributed by atoms with E-state index < -0.39 is 0 Å². The molecule has 4 nitrogen and oxygen atoms in total. The van der Waals surface area contributed by atoms with E-state index in [1.807, 2.05) is 12.1 Å². The maximum atomic E-state index is 13.6. The number of aliphatic imine (C=N–C) groups is 1. The lowest BCUT2D eigenvalue weighted by Gasteiger charge is -2.48. The molecule has 2 bridgehead atoms. The molecule has 150 valence electrons. The number of piperidine rings is 3. The molecule has 0 aliphatic carbocycles. The van der Waals surface area contributed by atoms with Gasteiger partial charge in [-0.3, -0.25) is 0 Å². The lowest BCUT2D eigenvalue weighted by molar-refractivity contribution is 0.0157. The van der Waals surface area contributed by atoms with E-state index in [2.05, 4.69) is 34.1 Å². The summed E-state index contributed by atoms with van der Waals surface area (Å²) in [6.07, 6.45) is 3.42. The van der Waals surface area contributed by atoms with Crippen molar-refractivity contribution in [2.24, 2.45) is 10.9 Å². The Bertz CT molecular complexity index is 951. The Labute approximate surface area is 171 Å². The first-order valence-corrected chi connectivity index (χ1v) is 10.8. The normalized spacial score (nSPS) is 32.8. The molecule has 7 rings (SSSR count). The summed E-state index contributed by atoms with van der Waals surface area (Å²) in [5.74, 6) is 0.427. The molecule has 5 aliphatic rings. The molecule has 0 amide bonds. The van der Waals surface area contributed by atoms with Gasteiger partial charge in [0.2, 0.25) is 0 Å². The van der Waals surface area contributed by atoms with E-state index in [1.165, 1.54) is 37.1 Å². The number of ether oxygens (including phenoxy) is 1. The zero-order valence-electron chi connectivity index (χ0n) is 16.6. The van der Waals surface area contributed by atoms with Gasteiger partial charge in [-0.15, -0.1) is 0 Å². The van der Waals surface area contributed by atoms with Crippen LogP contribution >= 0.6 is 0 Å². The van der Waals surface area contributed by atoms with Crippen molar-refractivity contribution < 1.29 is 9.13 Å². The zero-order chi connectivity index (χ0) is 19.4. The predicted octanol–water partition coefficient (Wildman–Crippen LogP) is 3.62. The highest BCUT2D eigenvalue weighted by Gasteiger charge is 2.51. The number of fused-ring (bicyclic) bond motifs is 3. The van der Waals surface area contributed by atoms with E-state index in [1.54, 1.807) is 12.1 Å². The van der Waals surface area contributed by atoms with Gasteiger partial charge in [0.25, 0.3) is 6.02 Å². The van der Waals surface area contributed by atoms with Gasteiger partial charge in [-0.1, -0.05) is 36.4 Å². The van der Waals surface area contributed by atoms with Crippen molar-refractivity contribution >= 4 is 6.02 Å². The Hall–Kier alpha value is -2.40. The molecule has 5 aliphatic heterocycles. The molecule has 5 heterocycles. The molecule has 0 aromatic heterocycles. The van der Waals surface area contributed by atoms with Crippen molar-refractivity contribution in [2.75, 3.05) is 32.8 Å². The van der Waals surface area contributed by atoms with Crippen LogP contribution in [0.3, 0.4) is 0 Å². The van der Waals surface area contributed by atoms with Crippen LogP contribution in [0.4, 0.5) is 4.39 Å². The van der Waals surface area contributed by atoms with Crippen LogP contribution in [0.2, 0.25) is 0 Å². The number of hydrogen-bond donors (Lipinski definition) is 0. The highest BCUT2D eigenvalue weighted by atomic mass is 19.1. The molecule has 3 fully saturated rings. The minimum Gasteiger partial charge on any atom is -0.462 e. The fraction of sp³-hybridized carbons (Fsp3) is 0.458. The molecule has 5 heteroatoms. The summed E-state index contributed by atoms with van der Waals surface area (Å²) in [6.45, 7) is 4.98. The fourth-order valence-electron chi connectivity index (χ4n) is 5.80. The quantitative estimate of drug-likeness (QED) is 0.743. The van der Waals surface area contributed by atoms with Gasteiger partial charge in [0.1, 0.15) is 18.0 Å². The fourth-order valence-corrected chi connectivity index (χ4v) is 5.80. The average Bonchev–Trinajstić information content (AvgIpc) is 3.17. The van der Waals surface area contributed by atoms with E-state index in [0.29, 0.717) is 12.5 Å². The third-order valence-electron chi connectivity index (χ3n) is 7.33. The van der Waals surface area contributed by atoms with Crippen LogP contribution in [0.15, 0.2) is 53.5 Å². The summed E-state index contributed by atoms with van der Waals surface area (Å²) >= 11 is 0. The summed E-state index contributed by atoms with van der Waals surface area (Å²) in [6, 6.07) is 16.3. The van der Waals surface area contributed by atoms with Gasteiger partial charge < -0.3 is 14.5 Å². The van der Waals surface area contributed by atoms with Crippen molar-refractivity contribution in [1.82, 2.24) is 9.80 Å². The first-order valence-electron chi connectivity index (χ1n) is 10.8. The van der Waals surface area contributed by atoms with E-state index in [-0.39, 0.29) is 17.4 Å². The van der Waals surface area contributed by atoms with Gasteiger partial charge in [-0.05, 0) is 67.1 Å². The van der Waals surface area contributed by atoms with Crippen LogP contribution in [0.25, 0.3) is 0 Å². The van der Waals surface area contributed by atoms with Gasteiger partial charge in [0.05, 0.1) is 6.04 Å². The number of nitrogens with zero attached hydrogens (tertiary/aromatic N) is 3. The van der Waals surface area contributed by atoms with Crippen LogP contribution in [-0.2, 0) is 11.2 Å². The van der Waals surface area contributed by atoms with Crippen LogP contribution in [0.1, 0.15) is 35.6 Å². The number of amidine groups is 1. The Balaban J connectivity index is 1.40. The summed E-state index contributed by atoms with van der Waals surface area (Å²) in [5.41, 5.74) is 3.64. The van der Waals surface area contributed by atoms with Crippen LogP contribution in [0.5, 0.6) is 0 Å². The molecular formula is C24H26FN3O. The molecule has 0 saturated carbocycles. The lowest BCUT2D eigenvalue weighted by atomic mass is 9.74. The van der Waals surface area contributed by atoms with Gasteiger partial charge in [0.15, 0.2) is 0 Å². The van der Waals surface area contributed by atoms with Crippen molar-refractivity contribution in [2.45, 2.75) is 30.8 Å². The topological polar surface area (TPSA) is 28.1 Å². The minimum absolute atomic E-state index is 0.00975. The first-order chi connectivity index (χ1) is 14.2. The number of halogens is 1. The van der Waals surface area contributed by atoms with Crippen LogP contribution in [0, 0.1) is 11.7 Å². The maximum Gasteiger partial charge on any atom is 0.288 e. The highest BCUT2D eigenvalue weighted by Crippen LogP contribution is 2.43. The zero-order valence-corrected chi connectivity index (χ0v) is 16.6. The van der Waals surface area contributed by atoms with Gasteiger partial charge in [0, 0.05) is 13.1 Å². The molecule has 0 unspecified atom stereocenters. The standard InChI is InChI=1S/C24H26FN3O/c25-20-7-5-18(6-8-20)22-21-4-2-1-3-17(21)9-14-28(22)23-26-24(16-29-23)15-27-12-10-19(24)11-13-27/h1-8,19,22H,9-16H2/t22-,24+/m0/s1. The Morgan fingerprint density at radius 3 is 2.55 bits per heavy atom. The minimum atomic E-state index is -0.204. The molecule has 2 aromatic rings. The second-order valence-corrected chi connectivity index (χ2v) is 8.93. The largest absolute Gasteiger partial charge is 0.462 e. The molecule has 3 saturated heterocycles. The van der Waals surface area contributed by atoms with E-state index >= 15 is 0 Å². The van der Waals surface area contributed by atoms with Crippen molar-refractivity contribution in [3.05, 3.63) is 71.0 Å². The summed E-state index contributed by atoms with van der Waals surface area (Å²) in [5, 5.41) is 0. The summed E-state index contributed by atoms with van der Waals surface area (Å²) in [7, 11) is 0. The Morgan fingerprint density at radius 1 is 1.00 bits per heavy atom. The van der Waals surface area contributed by atoms with Crippen molar-refractivity contribution in [3.63, 3.8) is 0 Å². The second kappa shape index (κ2) is 6.56. The van der Waals surface area contributed by atoms with Crippen molar-refractivity contribution in [1.29, 1.82) is 0 Å². The first kappa shape index (κ1) is 17.5. The third-order valence-corrected chi connectivity index (χ3v) is 7.33. The smallest absolute Gasteiger partial charge is 0.288 e. The monoisotopic (exact) mass is 391 g/mol. The Kier molecular flexibility index (Phi) is 3.95. The van der Waals surface area contributed by atoms with Crippen LogP contribution < -0.4 is 0 Å². The predicted molar refractivity (Wildman–Crippen MR) is 110 cm³/mol. The maximum absolute atomic E-state index is 13.6. The molecule has 0 radical (unpaired) electrons.